The predicted molar refractivity (Wildman–Crippen MR) is 117 cm³/mol. The number of esters is 1. The average Bonchev–Trinajstić information content (AvgIpc) is 3.09. The number of rotatable bonds is 9. The summed E-state index contributed by atoms with van der Waals surface area (Å²) in [6.07, 6.45) is -1.23. The van der Waals surface area contributed by atoms with E-state index in [1.807, 2.05) is 0 Å². The van der Waals surface area contributed by atoms with Crippen LogP contribution in [-0.2, 0) is 30.5 Å². The topological polar surface area (TPSA) is 174 Å². The molecule has 1 saturated heterocycles. The summed E-state index contributed by atoms with van der Waals surface area (Å²) in [6.45, 7) is -1.25. The Kier molecular flexibility index (Phi) is 8.06. The molecule has 4 amide bonds. The number of carbonyl (C=O) groups excluding carboxylic acids is 5. The first-order valence-electron chi connectivity index (χ1n) is 10.3. The smallest absolute Gasteiger partial charge is 0.408 e. The molecule has 2 aromatic rings. The zero-order valence-corrected chi connectivity index (χ0v) is 18.2. The Morgan fingerprint density at radius 2 is 1.74 bits per heavy atom. The Labute approximate surface area is 198 Å². The van der Waals surface area contributed by atoms with Gasteiger partial charge in [-0.2, -0.15) is 0 Å². The van der Waals surface area contributed by atoms with Crippen molar-refractivity contribution in [3.05, 3.63) is 70.3 Å². The minimum atomic E-state index is -1.18. The molecule has 1 fully saturated rings. The number of likely N-dealkylation sites (tertiary alicyclic amines) is 1. The lowest BCUT2D eigenvalue weighted by Crippen LogP contribution is -2.45. The van der Waals surface area contributed by atoms with Gasteiger partial charge in [0.1, 0.15) is 31.5 Å². The molecular weight excluding hydrogens is 464 g/mol. The molecule has 0 bridgehead atoms. The van der Waals surface area contributed by atoms with Crippen LogP contribution in [0.1, 0.15) is 12.0 Å². The van der Waals surface area contributed by atoms with E-state index in [0.717, 1.165) is 17.7 Å². The second-order valence-corrected chi connectivity index (χ2v) is 7.28. The number of hydrogen-bond donors (Lipinski definition) is 2. The molecule has 0 aliphatic carbocycles. The SMILES string of the molecule is O=C(CN1C(=O)C[C@H](NC(=O)OCc2ccccc2)C1=O)NCC(=O)Oc1ccc([N+](=O)[O-])cc1. The maximum absolute atomic E-state index is 12.4. The van der Waals surface area contributed by atoms with Crippen LogP contribution in [0.15, 0.2) is 54.6 Å². The molecule has 182 valence electrons. The second-order valence-electron chi connectivity index (χ2n) is 7.28. The predicted octanol–water partition coefficient (Wildman–Crippen LogP) is 0.670. The van der Waals surface area contributed by atoms with Crippen LogP contribution in [0.5, 0.6) is 5.75 Å². The largest absolute Gasteiger partial charge is 0.445 e. The van der Waals surface area contributed by atoms with Crippen molar-refractivity contribution in [1.82, 2.24) is 15.5 Å². The fraction of sp³-hybridized carbons (Fsp3) is 0.227. The molecule has 1 heterocycles. The number of alkyl carbamates (subject to hydrolysis) is 1. The van der Waals surface area contributed by atoms with E-state index in [9.17, 15) is 34.1 Å². The zero-order chi connectivity index (χ0) is 25.4. The Morgan fingerprint density at radius 3 is 2.40 bits per heavy atom. The fourth-order valence-corrected chi connectivity index (χ4v) is 3.04. The monoisotopic (exact) mass is 484 g/mol. The standard InChI is InChI=1S/C22H20N4O9/c27-18(23-11-20(29)35-16-8-6-15(7-9-16)26(32)33)12-25-19(28)10-17(21(25)30)24-22(31)34-13-14-4-2-1-3-5-14/h1-9,17H,10-13H2,(H,23,27)(H,24,31)/t17-/m0/s1. The highest BCUT2D eigenvalue weighted by molar-refractivity contribution is 6.08. The van der Waals surface area contributed by atoms with Gasteiger partial charge in [-0.1, -0.05) is 30.3 Å². The summed E-state index contributed by atoms with van der Waals surface area (Å²) in [5.74, 6) is -3.10. The second kappa shape index (κ2) is 11.4. The highest BCUT2D eigenvalue weighted by atomic mass is 16.6. The van der Waals surface area contributed by atoms with Crippen LogP contribution in [0.2, 0.25) is 0 Å². The third-order valence-corrected chi connectivity index (χ3v) is 4.76. The molecule has 0 saturated carbocycles. The molecule has 0 aromatic heterocycles. The lowest BCUT2D eigenvalue weighted by molar-refractivity contribution is -0.384. The third-order valence-electron chi connectivity index (χ3n) is 4.76. The fourth-order valence-electron chi connectivity index (χ4n) is 3.04. The van der Waals surface area contributed by atoms with Gasteiger partial charge in [-0.3, -0.25) is 29.4 Å². The number of nitrogens with zero attached hydrogens (tertiary/aromatic N) is 2. The van der Waals surface area contributed by atoms with E-state index in [0.29, 0.717) is 4.90 Å². The van der Waals surface area contributed by atoms with Gasteiger partial charge < -0.3 is 20.1 Å². The summed E-state index contributed by atoms with van der Waals surface area (Å²) >= 11 is 0. The maximum Gasteiger partial charge on any atom is 0.408 e. The van der Waals surface area contributed by atoms with Crippen molar-refractivity contribution >= 4 is 35.5 Å². The van der Waals surface area contributed by atoms with Crippen LogP contribution in [0.3, 0.4) is 0 Å². The molecule has 1 aliphatic heterocycles. The quantitative estimate of drug-likeness (QED) is 0.170. The summed E-state index contributed by atoms with van der Waals surface area (Å²) in [4.78, 5) is 71.2. The van der Waals surface area contributed by atoms with Crippen molar-refractivity contribution in [2.75, 3.05) is 13.1 Å². The summed E-state index contributed by atoms with van der Waals surface area (Å²) in [5.41, 5.74) is 0.553. The van der Waals surface area contributed by atoms with Crippen molar-refractivity contribution in [3.8, 4) is 5.75 Å². The van der Waals surface area contributed by atoms with Crippen LogP contribution >= 0.6 is 0 Å². The summed E-state index contributed by atoms with van der Waals surface area (Å²) in [5, 5.41) is 15.1. The van der Waals surface area contributed by atoms with E-state index in [4.69, 9.17) is 9.47 Å². The average molecular weight is 484 g/mol. The minimum Gasteiger partial charge on any atom is -0.445 e. The van der Waals surface area contributed by atoms with Crippen LogP contribution in [0, 0.1) is 10.1 Å². The lowest BCUT2D eigenvalue weighted by Gasteiger charge is -2.15. The number of ether oxygens (including phenoxy) is 2. The summed E-state index contributed by atoms with van der Waals surface area (Å²) in [7, 11) is 0. The Bertz CT molecular complexity index is 1140. The first-order valence-corrected chi connectivity index (χ1v) is 10.3. The number of nitro benzene ring substituents is 1. The molecule has 13 nitrogen and oxygen atoms in total. The molecule has 3 rings (SSSR count). The van der Waals surface area contributed by atoms with Gasteiger partial charge in [0.05, 0.1) is 11.3 Å². The third kappa shape index (κ3) is 7.08. The van der Waals surface area contributed by atoms with E-state index in [1.165, 1.54) is 12.1 Å². The first kappa shape index (κ1) is 24.8. The van der Waals surface area contributed by atoms with Gasteiger partial charge in [-0.05, 0) is 17.7 Å². The van der Waals surface area contributed by atoms with Crippen LogP contribution in [-0.4, -0.2) is 58.7 Å². The molecule has 2 aromatic carbocycles. The highest BCUT2D eigenvalue weighted by Gasteiger charge is 2.40. The van der Waals surface area contributed by atoms with Gasteiger partial charge in [-0.25, -0.2) is 9.59 Å². The van der Waals surface area contributed by atoms with Crippen molar-refractivity contribution < 1.29 is 38.4 Å². The molecular formula is C22H20N4O9. The van der Waals surface area contributed by atoms with Crippen molar-refractivity contribution in [1.29, 1.82) is 0 Å². The zero-order valence-electron chi connectivity index (χ0n) is 18.2. The molecule has 13 heteroatoms. The number of nitrogens with one attached hydrogen (secondary N) is 2. The van der Waals surface area contributed by atoms with Gasteiger partial charge in [0.25, 0.3) is 11.6 Å². The molecule has 0 radical (unpaired) electrons. The summed E-state index contributed by atoms with van der Waals surface area (Å²) in [6, 6.07) is 12.4. The molecule has 0 unspecified atom stereocenters. The normalized spacial score (nSPS) is 14.9. The van der Waals surface area contributed by atoms with Gasteiger partial charge in [-0.15, -0.1) is 0 Å². The first-order chi connectivity index (χ1) is 16.7. The van der Waals surface area contributed by atoms with Gasteiger partial charge >= 0.3 is 12.1 Å². The van der Waals surface area contributed by atoms with E-state index in [2.05, 4.69) is 10.6 Å². The molecule has 0 spiro atoms. The van der Waals surface area contributed by atoms with Gasteiger partial charge in [0.15, 0.2) is 0 Å². The van der Waals surface area contributed by atoms with E-state index in [1.54, 1.807) is 30.3 Å². The highest BCUT2D eigenvalue weighted by Crippen LogP contribution is 2.17. The van der Waals surface area contributed by atoms with E-state index in [-0.39, 0.29) is 24.5 Å². The number of non-ortho nitro benzene ring substituents is 1. The summed E-state index contributed by atoms with van der Waals surface area (Å²) < 4.78 is 9.97. The number of hydrogen-bond acceptors (Lipinski definition) is 9. The number of carbonyl (C=O) groups is 5. The number of nitro groups is 1. The van der Waals surface area contributed by atoms with Gasteiger partial charge in [0, 0.05) is 12.1 Å². The number of amides is 4. The van der Waals surface area contributed by atoms with E-state index >= 15 is 0 Å². The Morgan fingerprint density at radius 1 is 1.06 bits per heavy atom. The Balaban J connectivity index is 1.41. The number of benzene rings is 2. The van der Waals surface area contributed by atoms with Crippen LogP contribution in [0.4, 0.5) is 10.5 Å². The Hall–Kier alpha value is -4.81. The van der Waals surface area contributed by atoms with Crippen LogP contribution < -0.4 is 15.4 Å². The van der Waals surface area contributed by atoms with Crippen LogP contribution in [0.25, 0.3) is 0 Å². The van der Waals surface area contributed by atoms with Crippen molar-refractivity contribution in [2.45, 2.75) is 19.1 Å². The minimum absolute atomic E-state index is 0.0242. The van der Waals surface area contributed by atoms with Gasteiger partial charge in [0.2, 0.25) is 11.8 Å². The number of imide groups is 1. The maximum atomic E-state index is 12.4. The molecule has 35 heavy (non-hydrogen) atoms. The van der Waals surface area contributed by atoms with Crippen molar-refractivity contribution in [3.63, 3.8) is 0 Å². The molecule has 2 N–H and O–H groups in total. The molecule has 1 aliphatic rings. The lowest BCUT2D eigenvalue weighted by atomic mass is 10.2. The van der Waals surface area contributed by atoms with Crippen molar-refractivity contribution in [2.24, 2.45) is 0 Å². The molecule has 1 atom stereocenters. The van der Waals surface area contributed by atoms with E-state index < -0.39 is 53.8 Å².